The minimum atomic E-state index is -0.367. The molecule has 4 aromatic rings. The molecular formula is C23H20N2O5. The van der Waals surface area contributed by atoms with Gasteiger partial charge in [0.15, 0.2) is 6.61 Å². The van der Waals surface area contributed by atoms with Crippen LogP contribution in [0, 0.1) is 0 Å². The largest absolute Gasteiger partial charge is 0.497 e. The number of hydrogen-bond acceptors (Lipinski definition) is 7. The fraction of sp³-hybridized carbons (Fsp3) is 0.174. The third kappa shape index (κ3) is 4.75. The van der Waals surface area contributed by atoms with Crippen molar-refractivity contribution in [2.24, 2.45) is 0 Å². The molecule has 4 rings (SSSR count). The van der Waals surface area contributed by atoms with Gasteiger partial charge in [0.25, 0.3) is 5.89 Å². The van der Waals surface area contributed by atoms with Gasteiger partial charge in [-0.1, -0.05) is 47.6 Å². The van der Waals surface area contributed by atoms with E-state index < -0.39 is 0 Å². The normalized spacial score (nSPS) is 10.7. The maximum absolute atomic E-state index is 12.1. The van der Waals surface area contributed by atoms with E-state index in [-0.39, 0.29) is 24.9 Å². The van der Waals surface area contributed by atoms with Crippen LogP contribution in [0.25, 0.3) is 22.7 Å². The van der Waals surface area contributed by atoms with Crippen LogP contribution in [0.1, 0.15) is 18.1 Å². The quantitative estimate of drug-likeness (QED) is 0.394. The van der Waals surface area contributed by atoms with E-state index >= 15 is 0 Å². The summed E-state index contributed by atoms with van der Waals surface area (Å²) in [5.41, 5.74) is 1.75. The zero-order valence-corrected chi connectivity index (χ0v) is 16.4. The van der Waals surface area contributed by atoms with Crippen LogP contribution in [0.3, 0.4) is 0 Å². The number of nitrogens with zero attached hydrogens (tertiary/aromatic N) is 2. The standard InChI is InChI=1S/C23H20N2O5/c1-27-19-9-5-8-17(14-19)23-24-21(30-25-23)15-28-22(26)13-11-18-10-12-20(29-18)16-6-3-2-4-7-16/h2-10,12,14H,11,13,15H2,1H3. The van der Waals surface area contributed by atoms with Crippen LogP contribution in [0.2, 0.25) is 0 Å². The Bertz CT molecular complexity index is 1120. The third-order valence-electron chi connectivity index (χ3n) is 4.45. The highest BCUT2D eigenvalue weighted by atomic mass is 16.6. The molecule has 0 fully saturated rings. The predicted octanol–water partition coefficient (Wildman–Crippen LogP) is 4.68. The highest BCUT2D eigenvalue weighted by Crippen LogP contribution is 2.23. The van der Waals surface area contributed by atoms with Gasteiger partial charge in [-0.05, 0) is 24.3 Å². The molecule has 0 aliphatic rings. The first-order valence-electron chi connectivity index (χ1n) is 9.48. The van der Waals surface area contributed by atoms with Crippen LogP contribution >= 0.6 is 0 Å². The molecule has 0 saturated carbocycles. The second-order valence-electron chi connectivity index (χ2n) is 6.54. The second kappa shape index (κ2) is 9.09. The summed E-state index contributed by atoms with van der Waals surface area (Å²) in [5.74, 6) is 2.46. The summed E-state index contributed by atoms with van der Waals surface area (Å²) in [6, 6.07) is 20.9. The number of rotatable bonds is 8. The van der Waals surface area contributed by atoms with Crippen LogP contribution in [0.15, 0.2) is 75.7 Å². The van der Waals surface area contributed by atoms with Crippen LogP contribution in [-0.2, 0) is 22.6 Å². The van der Waals surface area contributed by atoms with Gasteiger partial charge in [0.1, 0.15) is 17.3 Å². The minimum absolute atomic E-state index is 0.0801. The first-order chi connectivity index (χ1) is 14.7. The van der Waals surface area contributed by atoms with E-state index in [9.17, 15) is 4.79 Å². The van der Waals surface area contributed by atoms with Gasteiger partial charge in [-0.3, -0.25) is 4.79 Å². The second-order valence-corrected chi connectivity index (χ2v) is 6.54. The first-order valence-corrected chi connectivity index (χ1v) is 9.48. The van der Waals surface area contributed by atoms with Gasteiger partial charge in [-0.25, -0.2) is 0 Å². The Balaban J connectivity index is 1.27. The molecule has 30 heavy (non-hydrogen) atoms. The molecule has 0 atom stereocenters. The first kappa shape index (κ1) is 19.4. The van der Waals surface area contributed by atoms with Gasteiger partial charge in [0.2, 0.25) is 5.82 Å². The number of carbonyl (C=O) groups excluding carboxylic acids is 1. The minimum Gasteiger partial charge on any atom is -0.497 e. The molecule has 2 aromatic heterocycles. The fourth-order valence-electron chi connectivity index (χ4n) is 2.90. The maximum atomic E-state index is 12.1. The molecule has 0 spiro atoms. The van der Waals surface area contributed by atoms with Crippen LogP contribution in [-0.4, -0.2) is 23.2 Å². The number of furan rings is 1. The molecule has 0 saturated heterocycles. The number of methoxy groups -OCH3 is 1. The van der Waals surface area contributed by atoms with Crippen LogP contribution < -0.4 is 4.74 Å². The van der Waals surface area contributed by atoms with Crippen molar-refractivity contribution in [2.75, 3.05) is 7.11 Å². The van der Waals surface area contributed by atoms with E-state index in [1.54, 1.807) is 13.2 Å². The summed E-state index contributed by atoms with van der Waals surface area (Å²) < 4.78 is 21.4. The molecule has 152 valence electrons. The molecular weight excluding hydrogens is 384 g/mol. The molecule has 0 radical (unpaired) electrons. The van der Waals surface area contributed by atoms with Crippen LogP contribution in [0.4, 0.5) is 0 Å². The van der Waals surface area contributed by atoms with E-state index in [0.29, 0.717) is 18.0 Å². The molecule has 2 heterocycles. The number of ether oxygens (including phenoxy) is 2. The zero-order valence-electron chi connectivity index (χ0n) is 16.4. The van der Waals surface area contributed by atoms with Gasteiger partial charge in [-0.2, -0.15) is 4.98 Å². The van der Waals surface area contributed by atoms with Gasteiger partial charge >= 0.3 is 5.97 Å². The van der Waals surface area contributed by atoms with Crippen LogP contribution in [0.5, 0.6) is 5.75 Å². The van der Waals surface area contributed by atoms with Gasteiger partial charge < -0.3 is 18.4 Å². The number of aryl methyl sites for hydroxylation is 1. The van der Waals surface area contributed by atoms with Crippen molar-refractivity contribution in [2.45, 2.75) is 19.4 Å². The van der Waals surface area contributed by atoms with Crippen molar-refractivity contribution in [1.82, 2.24) is 10.1 Å². The van der Waals surface area contributed by atoms with Crippen molar-refractivity contribution in [3.63, 3.8) is 0 Å². The van der Waals surface area contributed by atoms with Gasteiger partial charge in [0.05, 0.1) is 13.5 Å². The average molecular weight is 404 g/mol. The van der Waals surface area contributed by atoms with E-state index in [0.717, 1.165) is 22.6 Å². The van der Waals surface area contributed by atoms with Gasteiger partial charge in [-0.15, -0.1) is 0 Å². The van der Waals surface area contributed by atoms with Crippen molar-refractivity contribution < 1.29 is 23.2 Å². The Morgan fingerprint density at radius 3 is 2.67 bits per heavy atom. The van der Waals surface area contributed by atoms with Crippen molar-refractivity contribution >= 4 is 5.97 Å². The summed E-state index contributed by atoms with van der Waals surface area (Å²) in [5, 5.41) is 3.92. The molecule has 0 aliphatic carbocycles. The molecule has 0 bridgehead atoms. The Hall–Kier alpha value is -3.87. The monoisotopic (exact) mass is 404 g/mol. The molecule has 7 nitrogen and oxygen atoms in total. The Morgan fingerprint density at radius 1 is 1.00 bits per heavy atom. The SMILES string of the molecule is COc1cccc(-c2noc(COC(=O)CCc3ccc(-c4ccccc4)o3)n2)c1. The molecule has 0 aliphatic heterocycles. The van der Waals surface area contributed by atoms with E-state index in [4.69, 9.17) is 18.4 Å². The lowest BCUT2D eigenvalue weighted by Gasteiger charge is -2.01. The fourth-order valence-corrected chi connectivity index (χ4v) is 2.90. The number of hydrogen-bond donors (Lipinski definition) is 0. The lowest BCUT2D eigenvalue weighted by atomic mass is 10.2. The average Bonchev–Trinajstić information content (AvgIpc) is 3.47. The summed E-state index contributed by atoms with van der Waals surface area (Å²) in [6.07, 6.45) is 0.642. The third-order valence-corrected chi connectivity index (χ3v) is 4.45. The predicted molar refractivity (Wildman–Crippen MR) is 109 cm³/mol. The number of benzene rings is 2. The molecule has 0 amide bonds. The van der Waals surface area contributed by atoms with Crippen molar-refractivity contribution in [3.8, 4) is 28.5 Å². The topological polar surface area (TPSA) is 87.6 Å². The van der Waals surface area contributed by atoms with E-state index in [1.165, 1.54) is 0 Å². The number of carbonyl (C=O) groups is 1. The highest BCUT2D eigenvalue weighted by molar-refractivity contribution is 5.69. The van der Waals surface area contributed by atoms with E-state index in [2.05, 4.69) is 10.1 Å². The lowest BCUT2D eigenvalue weighted by molar-refractivity contribution is -0.145. The molecule has 2 aromatic carbocycles. The zero-order chi connectivity index (χ0) is 20.8. The summed E-state index contributed by atoms with van der Waals surface area (Å²) >= 11 is 0. The summed E-state index contributed by atoms with van der Waals surface area (Å²) in [7, 11) is 1.59. The summed E-state index contributed by atoms with van der Waals surface area (Å²) in [6.45, 7) is -0.0801. The summed E-state index contributed by atoms with van der Waals surface area (Å²) in [4.78, 5) is 16.3. The molecule has 7 heteroatoms. The Labute approximate surface area is 173 Å². The van der Waals surface area contributed by atoms with Crippen molar-refractivity contribution in [1.29, 1.82) is 0 Å². The van der Waals surface area contributed by atoms with E-state index in [1.807, 2.05) is 60.7 Å². The number of esters is 1. The molecule has 0 unspecified atom stereocenters. The Morgan fingerprint density at radius 2 is 1.83 bits per heavy atom. The van der Waals surface area contributed by atoms with Crippen molar-refractivity contribution in [3.05, 3.63) is 78.4 Å². The highest BCUT2D eigenvalue weighted by Gasteiger charge is 2.13. The van der Waals surface area contributed by atoms with Gasteiger partial charge in [0, 0.05) is 17.5 Å². The lowest BCUT2D eigenvalue weighted by Crippen LogP contribution is -2.05. The Kier molecular flexibility index (Phi) is 5.89. The number of aromatic nitrogens is 2. The maximum Gasteiger partial charge on any atom is 0.306 e. The smallest absolute Gasteiger partial charge is 0.306 e. The molecule has 0 N–H and O–H groups in total.